The number of rotatable bonds is 4. The molecule has 0 aromatic heterocycles. The second kappa shape index (κ2) is 7.00. The van der Waals surface area contributed by atoms with Crippen molar-refractivity contribution >= 4 is 0 Å². The highest BCUT2D eigenvalue weighted by atomic mass is 19.1. The van der Waals surface area contributed by atoms with Gasteiger partial charge in [0.05, 0.1) is 12.2 Å². The third kappa shape index (κ3) is 3.81. The Hall–Kier alpha value is -1.08. The molecule has 0 saturated carbocycles. The molecule has 2 rings (SSSR count). The minimum Gasteiger partial charge on any atom is -0.389 e. The fourth-order valence-corrected chi connectivity index (χ4v) is 2.72. The molecule has 4 nitrogen and oxygen atoms in total. The third-order valence-electron chi connectivity index (χ3n) is 4.19. The summed E-state index contributed by atoms with van der Waals surface area (Å²) >= 11 is 0. The normalized spacial score (nSPS) is 26.6. The van der Waals surface area contributed by atoms with Crippen molar-refractivity contribution in [3.8, 4) is 0 Å². The zero-order valence-electron chi connectivity index (χ0n) is 12.8. The number of likely N-dealkylation sites (tertiary alicyclic amines) is 1. The molecule has 124 valence electrons. The van der Waals surface area contributed by atoms with Crippen molar-refractivity contribution in [3.05, 3.63) is 34.9 Å². The molecule has 1 aromatic carbocycles. The Balaban J connectivity index is 2.03. The SMILES string of the molecule is CC(C)c1cc(F)c(CCN2C[C@@H](O)[C@H](O)[C@@H](O)C2)c(F)c1. The molecule has 6 heteroatoms. The lowest BCUT2D eigenvalue weighted by atomic mass is 9.98. The summed E-state index contributed by atoms with van der Waals surface area (Å²) in [5.41, 5.74) is 0.630. The van der Waals surface area contributed by atoms with Crippen LogP contribution < -0.4 is 0 Å². The maximum absolute atomic E-state index is 14.0. The molecular formula is C16H23F2NO3. The van der Waals surface area contributed by atoms with E-state index < -0.39 is 29.9 Å². The van der Waals surface area contributed by atoms with Crippen molar-refractivity contribution in [1.82, 2.24) is 4.90 Å². The lowest BCUT2D eigenvalue weighted by Gasteiger charge is -2.36. The Morgan fingerprint density at radius 2 is 1.59 bits per heavy atom. The van der Waals surface area contributed by atoms with Gasteiger partial charge in [-0.15, -0.1) is 0 Å². The van der Waals surface area contributed by atoms with Gasteiger partial charge in [0.15, 0.2) is 0 Å². The van der Waals surface area contributed by atoms with Gasteiger partial charge in [-0.25, -0.2) is 8.78 Å². The van der Waals surface area contributed by atoms with Gasteiger partial charge in [0.25, 0.3) is 0 Å². The number of hydrogen-bond acceptors (Lipinski definition) is 4. The average Bonchev–Trinajstić information content (AvgIpc) is 2.43. The van der Waals surface area contributed by atoms with Crippen molar-refractivity contribution in [1.29, 1.82) is 0 Å². The number of aliphatic hydroxyl groups excluding tert-OH is 3. The van der Waals surface area contributed by atoms with Crippen LogP contribution in [0.2, 0.25) is 0 Å². The van der Waals surface area contributed by atoms with E-state index in [2.05, 4.69) is 0 Å². The lowest BCUT2D eigenvalue weighted by Crippen LogP contribution is -2.55. The smallest absolute Gasteiger partial charge is 0.129 e. The second-order valence-corrected chi connectivity index (χ2v) is 6.25. The molecule has 22 heavy (non-hydrogen) atoms. The van der Waals surface area contributed by atoms with Gasteiger partial charge in [-0.3, -0.25) is 4.90 Å². The van der Waals surface area contributed by atoms with Crippen molar-refractivity contribution in [2.75, 3.05) is 19.6 Å². The fraction of sp³-hybridized carbons (Fsp3) is 0.625. The Morgan fingerprint density at radius 3 is 2.05 bits per heavy atom. The van der Waals surface area contributed by atoms with E-state index in [1.165, 1.54) is 12.1 Å². The Labute approximate surface area is 129 Å². The van der Waals surface area contributed by atoms with Crippen LogP contribution in [-0.2, 0) is 6.42 Å². The van der Waals surface area contributed by atoms with Crippen LogP contribution in [0.1, 0.15) is 30.9 Å². The van der Waals surface area contributed by atoms with Crippen molar-refractivity contribution in [3.63, 3.8) is 0 Å². The van der Waals surface area contributed by atoms with Crippen molar-refractivity contribution < 1.29 is 24.1 Å². The zero-order valence-corrected chi connectivity index (χ0v) is 12.8. The predicted octanol–water partition coefficient (Wildman–Crippen LogP) is 1.03. The first kappa shape index (κ1) is 17.3. The van der Waals surface area contributed by atoms with Crippen molar-refractivity contribution in [2.45, 2.75) is 44.5 Å². The van der Waals surface area contributed by atoms with E-state index in [0.29, 0.717) is 12.1 Å². The van der Waals surface area contributed by atoms with Crippen LogP contribution in [0.3, 0.4) is 0 Å². The molecule has 0 unspecified atom stereocenters. The van der Waals surface area contributed by atoms with E-state index in [0.717, 1.165) is 0 Å². The lowest BCUT2D eigenvalue weighted by molar-refractivity contribution is -0.109. The van der Waals surface area contributed by atoms with E-state index in [4.69, 9.17) is 0 Å². The summed E-state index contributed by atoms with van der Waals surface area (Å²) < 4.78 is 28.1. The van der Waals surface area contributed by atoms with Crippen LogP contribution >= 0.6 is 0 Å². The monoisotopic (exact) mass is 315 g/mol. The summed E-state index contributed by atoms with van der Waals surface area (Å²) in [6.45, 7) is 4.39. The van der Waals surface area contributed by atoms with Crippen molar-refractivity contribution in [2.24, 2.45) is 0 Å². The summed E-state index contributed by atoms with van der Waals surface area (Å²) in [6, 6.07) is 2.71. The van der Waals surface area contributed by atoms with Crippen LogP contribution in [0.15, 0.2) is 12.1 Å². The van der Waals surface area contributed by atoms with Crippen LogP contribution in [0.25, 0.3) is 0 Å². The molecule has 0 aliphatic carbocycles. The number of nitrogens with zero attached hydrogens (tertiary/aromatic N) is 1. The highest BCUT2D eigenvalue weighted by Crippen LogP contribution is 2.22. The van der Waals surface area contributed by atoms with E-state index in [-0.39, 0.29) is 31.0 Å². The molecule has 1 aliphatic rings. The number of halogens is 2. The summed E-state index contributed by atoms with van der Waals surface area (Å²) in [5, 5.41) is 28.7. The highest BCUT2D eigenvalue weighted by Gasteiger charge is 2.33. The van der Waals surface area contributed by atoms with Gasteiger partial charge < -0.3 is 15.3 Å². The van der Waals surface area contributed by atoms with Gasteiger partial charge in [0.2, 0.25) is 0 Å². The third-order valence-corrected chi connectivity index (χ3v) is 4.19. The molecule has 1 heterocycles. The maximum Gasteiger partial charge on any atom is 0.129 e. The summed E-state index contributed by atoms with van der Waals surface area (Å²) in [6.07, 6.45) is -3.13. The minimum atomic E-state index is -1.17. The standard InChI is InChI=1S/C16H23F2NO3/c1-9(2)10-5-12(17)11(13(18)6-10)3-4-19-7-14(20)16(22)15(21)8-19/h5-6,9,14-16,20-22H,3-4,7-8H2,1-2H3/t14-,15+,16+. The minimum absolute atomic E-state index is 0.0134. The van der Waals surface area contributed by atoms with Crippen LogP contribution in [0.5, 0.6) is 0 Å². The van der Waals surface area contributed by atoms with Gasteiger partial charge in [-0.2, -0.15) is 0 Å². The zero-order chi connectivity index (χ0) is 16.4. The van der Waals surface area contributed by atoms with Gasteiger partial charge in [-0.05, 0) is 30.0 Å². The molecule has 0 amide bonds. The predicted molar refractivity (Wildman–Crippen MR) is 78.6 cm³/mol. The molecule has 0 spiro atoms. The topological polar surface area (TPSA) is 63.9 Å². The van der Waals surface area contributed by atoms with Gasteiger partial charge in [0.1, 0.15) is 17.7 Å². The van der Waals surface area contributed by atoms with Gasteiger partial charge in [-0.1, -0.05) is 13.8 Å². The summed E-state index contributed by atoms with van der Waals surface area (Å²) in [7, 11) is 0. The Kier molecular flexibility index (Phi) is 5.50. The van der Waals surface area contributed by atoms with Gasteiger partial charge in [0, 0.05) is 25.2 Å². The van der Waals surface area contributed by atoms with Crippen LogP contribution in [-0.4, -0.2) is 58.2 Å². The van der Waals surface area contributed by atoms with E-state index in [1.807, 2.05) is 13.8 Å². The number of β-amino-alcohol motifs (C(OH)–C–C–N with tert-alkyl or cyclic N) is 2. The Bertz CT molecular complexity index is 489. The molecule has 1 aromatic rings. The van der Waals surface area contributed by atoms with E-state index >= 15 is 0 Å². The largest absolute Gasteiger partial charge is 0.389 e. The average molecular weight is 315 g/mol. The van der Waals surface area contributed by atoms with Gasteiger partial charge >= 0.3 is 0 Å². The van der Waals surface area contributed by atoms with E-state index in [1.54, 1.807) is 4.90 Å². The molecule has 3 N–H and O–H groups in total. The maximum atomic E-state index is 14.0. The first-order chi connectivity index (χ1) is 10.3. The molecule has 3 atom stereocenters. The molecule has 1 fully saturated rings. The molecule has 1 aliphatic heterocycles. The van der Waals surface area contributed by atoms with Crippen LogP contribution in [0, 0.1) is 11.6 Å². The number of benzene rings is 1. The molecule has 0 radical (unpaired) electrons. The fourth-order valence-electron chi connectivity index (χ4n) is 2.72. The Morgan fingerprint density at radius 1 is 1.09 bits per heavy atom. The second-order valence-electron chi connectivity index (χ2n) is 6.25. The summed E-state index contributed by atoms with van der Waals surface area (Å²) in [4.78, 5) is 1.69. The quantitative estimate of drug-likeness (QED) is 0.776. The molecular weight excluding hydrogens is 292 g/mol. The summed E-state index contributed by atoms with van der Waals surface area (Å²) in [5.74, 6) is -1.09. The highest BCUT2D eigenvalue weighted by molar-refractivity contribution is 5.28. The van der Waals surface area contributed by atoms with E-state index in [9.17, 15) is 24.1 Å². The number of hydrogen-bond donors (Lipinski definition) is 3. The molecule has 0 bridgehead atoms. The number of piperidine rings is 1. The molecule has 1 saturated heterocycles. The first-order valence-electron chi connectivity index (χ1n) is 7.54. The first-order valence-corrected chi connectivity index (χ1v) is 7.54. The number of aliphatic hydroxyl groups is 3. The van der Waals surface area contributed by atoms with Crippen LogP contribution in [0.4, 0.5) is 8.78 Å².